The van der Waals surface area contributed by atoms with Crippen LogP contribution in [0.2, 0.25) is 0 Å². The van der Waals surface area contributed by atoms with E-state index in [4.69, 9.17) is 19.2 Å². The SMILES string of the molecule is CC1=NC2=C(C(=O)CC(c3ccc4c(c3)OCO4)C2)C(c2cccc(-c3nn[nH]n3)c2)C1C(=O)OC1CCCC1. The van der Waals surface area contributed by atoms with Gasteiger partial charge in [-0.25, -0.2) is 0 Å². The van der Waals surface area contributed by atoms with Crippen LogP contribution < -0.4 is 9.47 Å². The van der Waals surface area contributed by atoms with Gasteiger partial charge in [0.2, 0.25) is 12.6 Å². The number of esters is 1. The van der Waals surface area contributed by atoms with Gasteiger partial charge in [-0.05, 0) is 79.5 Å². The van der Waals surface area contributed by atoms with Crippen molar-refractivity contribution in [1.29, 1.82) is 0 Å². The van der Waals surface area contributed by atoms with Crippen molar-refractivity contribution >= 4 is 17.5 Å². The summed E-state index contributed by atoms with van der Waals surface area (Å²) in [7, 11) is 0. The van der Waals surface area contributed by atoms with Crippen LogP contribution in [0.3, 0.4) is 0 Å². The summed E-state index contributed by atoms with van der Waals surface area (Å²) in [5.74, 6) is 0.269. The van der Waals surface area contributed by atoms with Crippen molar-refractivity contribution in [3.8, 4) is 22.9 Å². The van der Waals surface area contributed by atoms with E-state index in [-0.39, 0.29) is 30.6 Å². The number of Topliss-reactive ketones (excluding diaryl/α,β-unsaturated/α-hetero) is 1. The van der Waals surface area contributed by atoms with Crippen LogP contribution in [0.1, 0.15) is 68.4 Å². The first-order chi connectivity index (χ1) is 19.5. The number of benzene rings is 2. The maximum Gasteiger partial charge on any atom is 0.315 e. The summed E-state index contributed by atoms with van der Waals surface area (Å²) in [5, 5.41) is 14.4. The second-order valence-electron chi connectivity index (χ2n) is 10.9. The Hall–Kier alpha value is -4.34. The molecule has 0 bridgehead atoms. The highest BCUT2D eigenvalue weighted by Gasteiger charge is 2.45. The number of hydrogen-bond acceptors (Lipinski definition) is 9. The molecule has 2 aromatic carbocycles. The van der Waals surface area contributed by atoms with E-state index in [0.717, 1.165) is 48.1 Å². The van der Waals surface area contributed by atoms with Gasteiger partial charge >= 0.3 is 5.97 Å². The molecule has 40 heavy (non-hydrogen) atoms. The maximum absolute atomic E-state index is 14.0. The van der Waals surface area contributed by atoms with E-state index in [0.29, 0.717) is 41.4 Å². The second-order valence-corrected chi connectivity index (χ2v) is 10.9. The van der Waals surface area contributed by atoms with E-state index >= 15 is 0 Å². The van der Waals surface area contributed by atoms with E-state index in [1.807, 2.05) is 49.4 Å². The molecule has 0 amide bonds. The fraction of sp³-hybridized carbons (Fsp3) is 0.400. The minimum atomic E-state index is -0.689. The zero-order chi connectivity index (χ0) is 27.2. The largest absolute Gasteiger partial charge is 0.462 e. The lowest BCUT2D eigenvalue weighted by Gasteiger charge is -2.37. The molecule has 7 rings (SSSR count). The lowest BCUT2D eigenvalue weighted by Crippen LogP contribution is -2.39. The van der Waals surface area contributed by atoms with E-state index in [9.17, 15) is 9.59 Å². The lowest BCUT2D eigenvalue weighted by atomic mass is 9.69. The number of rotatable bonds is 5. The third-order valence-corrected chi connectivity index (χ3v) is 8.44. The first-order valence-corrected chi connectivity index (χ1v) is 13.8. The van der Waals surface area contributed by atoms with Gasteiger partial charge in [0.1, 0.15) is 12.0 Å². The second kappa shape index (κ2) is 10.0. The number of hydrogen-bond donors (Lipinski definition) is 1. The molecule has 1 N–H and O–H groups in total. The molecule has 10 nitrogen and oxygen atoms in total. The minimum Gasteiger partial charge on any atom is -0.462 e. The van der Waals surface area contributed by atoms with Crippen LogP contribution in [0, 0.1) is 5.92 Å². The number of nitrogens with zero attached hydrogens (tertiary/aromatic N) is 4. The number of ether oxygens (including phenoxy) is 3. The molecule has 10 heteroatoms. The molecule has 0 radical (unpaired) electrons. The standard InChI is InChI=1S/C30H29N5O5/c1-16-26(30(37)40-21-7-2-3-8-21)27(18-5-4-6-19(11-18)29-32-34-35-33-29)28-22(31-16)12-20(13-23(28)36)17-9-10-24-25(14-17)39-15-38-24/h4-6,9-11,14,20-21,26-27H,2-3,7-8,12-13,15H2,1H3,(H,32,33,34,35). The third-order valence-electron chi connectivity index (χ3n) is 8.44. The summed E-state index contributed by atoms with van der Waals surface area (Å²) in [6.07, 6.45) is 4.68. The van der Waals surface area contributed by atoms with Crippen molar-refractivity contribution < 1.29 is 23.8 Å². The first kappa shape index (κ1) is 24.7. The van der Waals surface area contributed by atoms with Crippen LogP contribution in [0.25, 0.3) is 11.4 Å². The van der Waals surface area contributed by atoms with Gasteiger partial charge in [-0.1, -0.05) is 24.3 Å². The maximum atomic E-state index is 14.0. The van der Waals surface area contributed by atoms with Gasteiger partial charge in [-0.3, -0.25) is 14.6 Å². The summed E-state index contributed by atoms with van der Waals surface area (Å²) >= 11 is 0. The van der Waals surface area contributed by atoms with Crippen molar-refractivity contribution in [2.24, 2.45) is 10.9 Å². The van der Waals surface area contributed by atoms with Crippen LogP contribution in [0.4, 0.5) is 0 Å². The number of aromatic amines is 1. The predicted molar refractivity (Wildman–Crippen MR) is 144 cm³/mol. The molecule has 3 atom stereocenters. The number of H-pyrrole nitrogens is 1. The molecular formula is C30H29N5O5. The number of carbonyl (C=O) groups is 2. The molecular weight excluding hydrogens is 510 g/mol. The number of ketones is 1. The number of carbonyl (C=O) groups excluding carboxylic acids is 2. The van der Waals surface area contributed by atoms with Gasteiger partial charge in [0, 0.05) is 34.9 Å². The van der Waals surface area contributed by atoms with Crippen molar-refractivity contribution in [2.45, 2.75) is 63.4 Å². The zero-order valence-electron chi connectivity index (χ0n) is 22.1. The smallest absolute Gasteiger partial charge is 0.315 e. The Bertz CT molecular complexity index is 1540. The van der Waals surface area contributed by atoms with Crippen molar-refractivity contribution in [3.05, 3.63) is 64.9 Å². The monoisotopic (exact) mass is 539 g/mol. The average Bonchev–Trinajstić information content (AvgIpc) is 3.75. The van der Waals surface area contributed by atoms with Crippen molar-refractivity contribution in [1.82, 2.24) is 20.6 Å². The summed E-state index contributed by atoms with van der Waals surface area (Å²) in [5.41, 5.74) is 4.58. The van der Waals surface area contributed by atoms with E-state index in [2.05, 4.69) is 20.6 Å². The summed E-state index contributed by atoms with van der Waals surface area (Å²) in [6.45, 7) is 2.07. The van der Waals surface area contributed by atoms with Crippen molar-refractivity contribution in [3.63, 3.8) is 0 Å². The summed E-state index contributed by atoms with van der Waals surface area (Å²) < 4.78 is 17.0. The minimum absolute atomic E-state index is 0.00574. The fourth-order valence-corrected chi connectivity index (χ4v) is 6.53. The Morgan fingerprint density at radius 2 is 1.88 bits per heavy atom. The molecule has 3 unspecified atom stereocenters. The third kappa shape index (κ3) is 4.37. The van der Waals surface area contributed by atoms with Crippen LogP contribution >= 0.6 is 0 Å². The van der Waals surface area contributed by atoms with E-state index < -0.39 is 11.8 Å². The Kier molecular flexibility index (Phi) is 6.17. The molecule has 1 fully saturated rings. The predicted octanol–water partition coefficient (Wildman–Crippen LogP) is 4.66. The molecule has 1 aromatic heterocycles. The molecule has 2 aliphatic heterocycles. The molecule has 3 aromatic rings. The van der Waals surface area contributed by atoms with Gasteiger partial charge < -0.3 is 14.2 Å². The van der Waals surface area contributed by atoms with Gasteiger partial charge in [0.25, 0.3) is 0 Å². The normalized spacial score (nSPS) is 24.2. The number of nitrogens with one attached hydrogen (secondary N) is 1. The molecule has 4 aliphatic rings. The first-order valence-electron chi connectivity index (χ1n) is 13.8. The number of aliphatic imine (C=N–C) groups is 1. The Labute approximate surface area is 230 Å². The molecule has 204 valence electrons. The molecule has 0 saturated heterocycles. The Morgan fingerprint density at radius 3 is 2.70 bits per heavy atom. The Balaban J connectivity index is 1.28. The van der Waals surface area contributed by atoms with Crippen LogP contribution in [-0.4, -0.2) is 51.0 Å². The average molecular weight is 540 g/mol. The highest BCUT2D eigenvalue weighted by molar-refractivity contribution is 6.09. The lowest BCUT2D eigenvalue weighted by molar-refractivity contribution is -0.151. The van der Waals surface area contributed by atoms with Crippen LogP contribution in [-0.2, 0) is 14.3 Å². The number of tetrazole rings is 1. The Morgan fingerprint density at radius 1 is 1.02 bits per heavy atom. The quantitative estimate of drug-likeness (QED) is 0.464. The highest BCUT2D eigenvalue weighted by atomic mass is 16.7. The van der Waals surface area contributed by atoms with E-state index in [1.165, 1.54) is 0 Å². The topological polar surface area (TPSA) is 129 Å². The van der Waals surface area contributed by atoms with Gasteiger partial charge in [-0.15, -0.1) is 10.2 Å². The zero-order valence-corrected chi connectivity index (χ0v) is 22.1. The molecule has 2 aliphatic carbocycles. The van der Waals surface area contributed by atoms with Crippen LogP contribution in [0.5, 0.6) is 11.5 Å². The molecule has 0 spiro atoms. The highest BCUT2D eigenvalue weighted by Crippen LogP contribution is 2.48. The number of allylic oxidation sites excluding steroid dienone is 2. The summed E-state index contributed by atoms with van der Waals surface area (Å²) in [6, 6.07) is 13.5. The molecule has 3 heterocycles. The van der Waals surface area contributed by atoms with Gasteiger partial charge in [0.05, 0.1) is 0 Å². The number of fused-ring (bicyclic) bond motifs is 1. The fourth-order valence-electron chi connectivity index (χ4n) is 6.53. The van der Waals surface area contributed by atoms with Crippen molar-refractivity contribution in [2.75, 3.05) is 6.79 Å². The number of aromatic nitrogens is 4. The van der Waals surface area contributed by atoms with Crippen LogP contribution in [0.15, 0.2) is 58.7 Å². The van der Waals surface area contributed by atoms with E-state index in [1.54, 1.807) is 0 Å². The summed E-state index contributed by atoms with van der Waals surface area (Å²) in [4.78, 5) is 32.6. The van der Waals surface area contributed by atoms with Gasteiger partial charge in [0.15, 0.2) is 17.3 Å². The molecule has 1 saturated carbocycles. The van der Waals surface area contributed by atoms with Gasteiger partial charge in [-0.2, -0.15) is 5.21 Å².